The highest BCUT2D eigenvalue weighted by Gasteiger charge is 2.41. The van der Waals surface area contributed by atoms with Gasteiger partial charge in [-0.15, -0.1) is 0 Å². The van der Waals surface area contributed by atoms with Gasteiger partial charge in [-0.2, -0.15) is 22.6 Å². The van der Waals surface area contributed by atoms with Crippen molar-refractivity contribution in [2.75, 3.05) is 6.54 Å². The molecule has 0 saturated heterocycles. The van der Waals surface area contributed by atoms with Crippen molar-refractivity contribution in [2.45, 2.75) is 24.0 Å². The van der Waals surface area contributed by atoms with Crippen molar-refractivity contribution < 1.29 is 26.0 Å². The number of fused-ring (bicyclic) bond motifs is 1. The first-order chi connectivity index (χ1) is 10.7. The van der Waals surface area contributed by atoms with E-state index in [4.69, 9.17) is 0 Å². The number of aromatic amines is 1. The maximum atomic E-state index is 13.2. The first kappa shape index (κ1) is 15.9. The van der Waals surface area contributed by atoms with Gasteiger partial charge in [0.2, 0.25) is 10.0 Å². The fraction of sp³-hybridized carbons (Fsp3) is 0.308. The monoisotopic (exact) mass is 349 g/mol. The van der Waals surface area contributed by atoms with Gasteiger partial charge in [-0.25, -0.2) is 12.8 Å². The minimum absolute atomic E-state index is 0.00859. The lowest BCUT2D eigenvalue weighted by Crippen LogP contribution is -2.36. The molecule has 0 aliphatic carbocycles. The predicted molar refractivity (Wildman–Crippen MR) is 71.3 cm³/mol. The van der Waals surface area contributed by atoms with E-state index in [0.717, 1.165) is 16.4 Å². The van der Waals surface area contributed by atoms with Crippen LogP contribution in [0.5, 0.6) is 0 Å². The number of sulfonamides is 1. The van der Waals surface area contributed by atoms with E-state index < -0.39 is 34.3 Å². The second kappa shape index (κ2) is 5.31. The lowest BCUT2D eigenvalue weighted by molar-refractivity contribution is -0.142. The Bertz CT molecular complexity index is 845. The van der Waals surface area contributed by atoms with Gasteiger partial charge in [0.1, 0.15) is 5.82 Å². The maximum absolute atomic E-state index is 13.2. The molecule has 1 aliphatic rings. The Morgan fingerprint density at radius 2 is 2.00 bits per heavy atom. The molecule has 1 aromatic heterocycles. The molecule has 2 aromatic rings. The van der Waals surface area contributed by atoms with Crippen molar-refractivity contribution in [3.8, 4) is 0 Å². The van der Waals surface area contributed by atoms with Crippen LogP contribution in [0.2, 0.25) is 0 Å². The summed E-state index contributed by atoms with van der Waals surface area (Å²) in [6, 6.07) is 4.36. The second-order valence-corrected chi connectivity index (χ2v) is 7.01. The van der Waals surface area contributed by atoms with Gasteiger partial charge in [0, 0.05) is 30.8 Å². The van der Waals surface area contributed by atoms with Crippen molar-refractivity contribution >= 4 is 10.0 Å². The van der Waals surface area contributed by atoms with Gasteiger partial charge in [0.15, 0.2) is 5.69 Å². The van der Waals surface area contributed by atoms with Gasteiger partial charge < -0.3 is 0 Å². The normalized spacial score (nSPS) is 16.3. The van der Waals surface area contributed by atoms with Crippen molar-refractivity contribution in [3.05, 3.63) is 47.0 Å². The topological polar surface area (TPSA) is 66.1 Å². The first-order valence-corrected chi connectivity index (χ1v) is 8.02. The van der Waals surface area contributed by atoms with E-state index in [0.29, 0.717) is 0 Å². The van der Waals surface area contributed by atoms with E-state index in [1.54, 1.807) is 0 Å². The average molecular weight is 349 g/mol. The summed E-state index contributed by atoms with van der Waals surface area (Å²) in [6.07, 6.45) is -4.59. The fourth-order valence-corrected chi connectivity index (χ4v) is 3.93. The number of H-pyrrole nitrogens is 1. The molecule has 1 N–H and O–H groups in total. The van der Waals surface area contributed by atoms with Gasteiger partial charge in [0.05, 0.1) is 4.90 Å². The number of aromatic nitrogens is 2. The van der Waals surface area contributed by atoms with Crippen molar-refractivity contribution in [2.24, 2.45) is 0 Å². The first-order valence-electron chi connectivity index (χ1n) is 6.58. The summed E-state index contributed by atoms with van der Waals surface area (Å²) in [4.78, 5) is -0.294. The third kappa shape index (κ3) is 2.83. The van der Waals surface area contributed by atoms with Crippen LogP contribution < -0.4 is 0 Å². The van der Waals surface area contributed by atoms with Crippen LogP contribution in [0.25, 0.3) is 0 Å². The van der Waals surface area contributed by atoms with Gasteiger partial charge in [-0.05, 0) is 18.2 Å². The number of halogens is 4. The van der Waals surface area contributed by atoms with Crippen LogP contribution in [0.3, 0.4) is 0 Å². The summed E-state index contributed by atoms with van der Waals surface area (Å²) in [5.74, 6) is -0.733. The van der Waals surface area contributed by atoms with E-state index in [-0.39, 0.29) is 29.1 Å². The molecule has 10 heteroatoms. The lowest BCUT2D eigenvalue weighted by Gasteiger charge is -2.26. The van der Waals surface area contributed by atoms with Crippen LogP contribution in [-0.2, 0) is 29.2 Å². The summed E-state index contributed by atoms with van der Waals surface area (Å²) >= 11 is 0. The van der Waals surface area contributed by atoms with Gasteiger partial charge in [-0.3, -0.25) is 5.10 Å². The number of benzene rings is 1. The molecule has 1 aliphatic heterocycles. The molecule has 0 unspecified atom stereocenters. The number of nitrogens with one attached hydrogen (secondary N) is 1. The van der Waals surface area contributed by atoms with E-state index >= 15 is 0 Å². The van der Waals surface area contributed by atoms with Crippen molar-refractivity contribution in [1.29, 1.82) is 0 Å². The minimum atomic E-state index is -4.67. The summed E-state index contributed by atoms with van der Waals surface area (Å²) in [6.45, 7) is -0.467. The third-order valence-electron chi connectivity index (χ3n) is 3.60. The molecular weight excluding hydrogens is 338 g/mol. The zero-order chi connectivity index (χ0) is 16.8. The smallest absolute Gasteiger partial charge is 0.282 e. The largest absolute Gasteiger partial charge is 0.435 e. The van der Waals surface area contributed by atoms with E-state index in [2.05, 4.69) is 10.2 Å². The molecule has 124 valence electrons. The molecule has 23 heavy (non-hydrogen) atoms. The quantitative estimate of drug-likeness (QED) is 0.846. The third-order valence-corrected chi connectivity index (χ3v) is 5.44. The van der Waals surface area contributed by atoms with Crippen LogP contribution in [-0.4, -0.2) is 29.5 Å². The second-order valence-electron chi connectivity index (χ2n) is 5.07. The molecule has 0 saturated carbocycles. The highest BCUT2D eigenvalue weighted by molar-refractivity contribution is 7.89. The summed E-state index contributed by atoms with van der Waals surface area (Å²) in [7, 11) is -4.08. The molecule has 0 spiro atoms. The Labute approximate surface area is 129 Å². The van der Waals surface area contributed by atoms with Gasteiger partial charge >= 0.3 is 6.18 Å². The Balaban J connectivity index is 1.97. The lowest BCUT2D eigenvalue weighted by atomic mass is 10.1. The fourth-order valence-electron chi connectivity index (χ4n) is 2.49. The zero-order valence-corrected chi connectivity index (χ0v) is 12.4. The Kier molecular flexibility index (Phi) is 3.68. The van der Waals surface area contributed by atoms with Crippen LogP contribution in [0.15, 0.2) is 29.2 Å². The molecule has 0 radical (unpaired) electrons. The van der Waals surface area contributed by atoms with E-state index in [1.807, 2.05) is 0 Å². The standard InChI is InChI=1S/C13H11F4N3O2S/c14-8-2-1-3-9(6-8)23(21,22)20-5-4-11-10(7-20)12(19-18-11)13(15,16)17/h1-3,6H,4-5,7H2,(H,18,19). The number of alkyl halides is 3. The van der Waals surface area contributed by atoms with Gasteiger partial charge in [0.25, 0.3) is 0 Å². The predicted octanol–water partition coefficient (Wildman–Crippen LogP) is 2.31. The number of nitrogens with zero attached hydrogens (tertiary/aromatic N) is 2. The highest BCUT2D eigenvalue weighted by Crippen LogP contribution is 2.35. The molecule has 3 rings (SSSR count). The Morgan fingerprint density at radius 3 is 2.65 bits per heavy atom. The summed E-state index contributed by atoms with van der Waals surface area (Å²) < 4.78 is 77.8. The Hall–Kier alpha value is -1.94. The molecule has 0 fully saturated rings. The maximum Gasteiger partial charge on any atom is 0.435 e. The molecule has 0 bridgehead atoms. The summed E-state index contributed by atoms with van der Waals surface area (Å²) in [5, 5.41) is 5.54. The minimum Gasteiger partial charge on any atom is -0.282 e. The van der Waals surface area contributed by atoms with Crippen LogP contribution in [0.4, 0.5) is 17.6 Å². The van der Waals surface area contributed by atoms with Gasteiger partial charge in [-0.1, -0.05) is 6.07 Å². The molecule has 0 atom stereocenters. The van der Waals surface area contributed by atoms with Crippen molar-refractivity contribution in [3.63, 3.8) is 0 Å². The SMILES string of the molecule is O=S(=O)(c1cccc(F)c1)N1CCc2[nH]nc(C(F)(F)F)c2C1. The molecule has 1 aromatic carbocycles. The van der Waals surface area contributed by atoms with Crippen molar-refractivity contribution in [1.82, 2.24) is 14.5 Å². The zero-order valence-electron chi connectivity index (χ0n) is 11.6. The molecular formula is C13H11F4N3O2S. The number of hydrogen-bond acceptors (Lipinski definition) is 3. The van der Waals surface area contributed by atoms with E-state index in [9.17, 15) is 26.0 Å². The molecule has 0 amide bonds. The molecule has 2 heterocycles. The van der Waals surface area contributed by atoms with Crippen LogP contribution in [0.1, 0.15) is 17.0 Å². The average Bonchev–Trinajstić information content (AvgIpc) is 2.90. The van der Waals surface area contributed by atoms with Crippen LogP contribution >= 0.6 is 0 Å². The number of rotatable bonds is 2. The molecule has 5 nitrogen and oxygen atoms in total. The Morgan fingerprint density at radius 1 is 1.26 bits per heavy atom. The van der Waals surface area contributed by atoms with E-state index in [1.165, 1.54) is 12.1 Å². The van der Waals surface area contributed by atoms with Crippen LogP contribution in [0, 0.1) is 5.82 Å². The highest BCUT2D eigenvalue weighted by atomic mass is 32.2. The summed E-state index contributed by atoms with van der Waals surface area (Å²) in [5.41, 5.74) is -1.04. The number of hydrogen-bond donors (Lipinski definition) is 1.